The van der Waals surface area contributed by atoms with Crippen LogP contribution in [0.1, 0.15) is 75.1 Å². The van der Waals surface area contributed by atoms with E-state index in [9.17, 15) is 4.79 Å². The van der Waals surface area contributed by atoms with Gasteiger partial charge in [-0.05, 0) is 61.4 Å². The van der Waals surface area contributed by atoms with E-state index in [1.807, 2.05) is 0 Å². The molecule has 1 N–H and O–H groups in total. The predicted octanol–water partition coefficient (Wildman–Crippen LogP) is 4.49. The molecule has 1 aliphatic rings. The highest BCUT2D eigenvalue weighted by atomic mass is 16.5. The second-order valence-corrected chi connectivity index (χ2v) is 6.82. The molecule has 0 heterocycles. The Bertz CT molecular complexity index is 530. The van der Waals surface area contributed by atoms with Crippen LogP contribution in [0.25, 0.3) is 0 Å². The Morgan fingerprint density at radius 3 is 2.36 bits per heavy atom. The highest BCUT2D eigenvalue weighted by molar-refractivity contribution is 5.79. The molecule has 122 valence electrons. The molecule has 0 spiro atoms. The first-order valence-corrected chi connectivity index (χ1v) is 8.42. The molecule has 1 aromatic rings. The zero-order chi connectivity index (χ0) is 16.3. The molecule has 0 aromatic heterocycles. The Morgan fingerprint density at radius 2 is 1.82 bits per heavy atom. The van der Waals surface area contributed by atoms with Crippen LogP contribution in [0, 0.1) is 12.8 Å². The van der Waals surface area contributed by atoms with E-state index in [-0.39, 0.29) is 17.9 Å². The Hall–Kier alpha value is -1.51. The number of methoxy groups -OCH3 is 1. The normalized spacial score (nSPS) is 16.8. The van der Waals surface area contributed by atoms with E-state index in [4.69, 9.17) is 4.74 Å². The van der Waals surface area contributed by atoms with Crippen molar-refractivity contribution in [3.05, 3.63) is 28.8 Å². The lowest BCUT2D eigenvalue weighted by atomic mass is 9.93. The minimum atomic E-state index is 0.0384. The Kier molecular flexibility index (Phi) is 5.49. The quantitative estimate of drug-likeness (QED) is 0.870. The third-order valence-corrected chi connectivity index (χ3v) is 4.79. The number of nitrogens with one attached hydrogen (secondary N) is 1. The highest BCUT2D eigenvalue weighted by Gasteiger charge is 2.24. The molecule has 0 bridgehead atoms. The molecule has 2 rings (SSSR count). The molecule has 3 heteroatoms. The van der Waals surface area contributed by atoms with Gasteiger partial charge in [-0.1, -0.05) is 26.7 Å². The third kappa shape index (κ3) is 3.63. The van der Waals surface area contributed by atoms with E-state index in [1.54, 1.807) is 7.11 Å². The molecular formula is C19H29NO2. The van der Waals surface area contributed by atoms with Crippen LogP contribution in [-0.4, -0.2) is 13.0 Å². The first-order valence-electron chi connectivity index (χ1n) is 8.42. The van der Waals surface area contributed by atoms with Crippen LogP contribution >= 0.6 is 0 Å². The van der Waals surface area contributed by atoms with E-state index in [1.165, 1.54) is 29.5 Å². The molecule has 1 fully saturated rings. The molecule has 1 aromatic carbocycles. The summed E-state index contributed by atoms with van der Waals surface area (Å²) in [5.74, 6) is 1.76. The number of amides is 1. The van der Waals surface area contributed by atoms with E-state index >= 15 is 0 Å². The third-order valence-electron chi connectivity index (χ3n) is 4.79. The van der Waals surface area contributed by atoms with Gasteiger partial charge in [0.15, 0.2) is 0 Å². The maximum Gasteiger partial charge on any atom is 0.223 e. The second kappa shape index (κ2) is 7.17. The van der Waals surface area contributed by atoms with Crippen molar-refractivity contribution in [2.24, 2.45) is 5.92 Å². The van der Waals surface area contributed by atoms with Crippen molar-refractivity contribution in [1.82, 2.24) is 5.32 Å². The summed E-state index contributed by atoms with van der Waals surface area (Å²) >= 11 is 0. The minimum absolute atomic E-state index is 0.0384. The van der Waals surface area contributed by atoms with Gasteiger partial charge in [0.1, 0.15) is 5.75 Å². The summed E-state index contributed by atoms with van der Waals surface area (Å²) in [6.07, 6.45) is 4.45. The summed E-state index contributed by atoms with van der Waals surface area (Å²) in [6.45, 7) is 8.49. The minimum Gasteiger partial charge on any atom is -0.496 e. The molecule has 0 aliphatic heterocycles. The lowest BCUT2D eigenvalue weighted by Gasteiger charge is -2.22. The molecular weight excluding hydrogens is 274 g/mol. The molecule has 3 nitrogen and oxygen atoms in total. The summed E-state index contributed by atoms with van der Waals surface area (Å²) in [5, 5.41) is 3.20. The van der Waals surface area contributed by atoms with Gasteiger partial charge in [-0.3, -0.25) is 4.79 Å². The van der Waals surface area contributed by atoms with Gasteiger partial charge >= 0.3 is 0 Å². The summed E-state index contributed by atoms with van der Waals surface area (Å²) in [7, 11) is 1.71. The van der Waals surface area contributed by atoms with Gasteiger partial charge in [0, 0.05) is 5.92 Å². The molecule has 1 amide bonds. The number of carbonyl (C=O) groups is 1. The number of benzene rings is 1. The maximum absolute atomic E-state index is 12.3. The predicted molar refractivity (Wildman–Crippen MR) is 90.3 cm³/mol. The molecule has 0 radical (unpaired) electrons. The van der Waals surface area contributed by atoms with Gasteiger partial charge in [-0.2, -0.15) is 0 Å². The Labute approximate surface area is 134 Å². The van der Waals surface area contributed by atoms with Crippen LogP contribution in [0.4, 0.5) is 0 Å². The van der Waals surface area contributed by atoms with Crippen molar-refractivity contribution >= 4 is 5.91 Å². The number of hydrogen-bond donors (Lipinski definition) is 1. The van der Waals surface area contributed by atoms with Crippen molar-refractivity contribution in [2.75, 3.05) is 7.11 Å². The molecule has 0 saturated heterocycles. The van der Waals surface area contributed by atoms with Crippen molar-refractivity contribution < 1.29 is 9.53 Å². The molecule has 1 atom stereocenters. The molecule has 1 saturated carbocycles. The van der Waals surface area contributed by atoms with E-state index < -0.39 is 0 Å². The molecule has 1 aliphatic carbocycles. The lowest BCUT2D eigenvalue weighted by molar-refractivity contribution is -0.125. The fraction of sp³-hybridized carbons (Fsp3) is 0.632. The Balaban J connectivity index is 2.19. The van der Waals surface area contributed by atoms with Crippen LogP contribution in [0.3, 0.4) is 0 Å². The number of aryl methyl sites for hydroxylation is 1. The second-order valence-electron chi connectivity index (χ2n) is 6.82. The van der Waals surface area contributed by atoms with Gasteiger partial charge in [-0.25, -0.2) is 0 Å². The van der Waals surface area contributed by atoms with Crippen LogP contribution in [-0.2, 0) is 4.79 Å². The standard InChI is InChI=1S/C19H29NO2/c1-12(2)16-11-17(13(3)10-18(16)22-5)14(4)20-19(21)15-8-6-7-9-15/h10-12,14-15H,6-9H2,1-5H3,(H,20,21). The van der Waals surface area contributed by atoms with Gasteiger partial charge in [0.25, 0.3) is 0 Å². The van der Waals surface area contributed by atoms with Crippen molar-refractivity contribution in [3.8, 4) is 5.75 Å². The summed E-state index contributed by atoms with van der Waals surface area (Å²) in [4.78, 5) is 12.3. The Morgan fingerprint density at radius 1 is 1.18 bits per heavy atom. The zero-order valence-electron chi connectivity index (χ0n) is 14.5. The van der Waals surface area contributed by atoms with E-state index in [2.05, 4.69) is 45.1 Å². The number of rotatable bonds is 5. The smallest absolute Gasteiger partial charge is 0.223 e. The average molecular weight is 303 g/mol. The van der Waals surface area contributed by atoms with Crippen LogP contribution < -0.4 is 10.1 Å². The topological polar surface area (TPSA) is 38.3 Å². The van der Waals surface area contributed by atoms with Crippen LogP contribution in [0.15, 0.2) is 12.1 Å². The SMILES string of the molecule is COc1cc(C)c(C(C)NC(=O)C2CCCC2)cc1C(C)C. The molecule has 1 unspecified atom stereocenters. The summed E-state index contributed by atoms with van der Waals surface area (Å²) < 4.78 is 5.50. The average Bonchev–Trinajstić information content (AvgIpc) is 3.00. The summed E-state index contributed by atoms with van der Waals surface area (Å²) in [6, 6.07) is 4.32. The molecule has 22 heavy (non-hydrogen) atoms. The highest BCUT2D eigenvalue weighted by Crippen LogP contribution is 2.32. The number of ether oxygens (including phenoxy) is 1. The van der Waals surface area contributed by atoms with Crippen molar-refractivity contribution in [2.45, 2.75) is 65.3 Å². The van der Waals surface area contributed by atoms with E-state index in [0.29, 0.717) is 5.92 Å². The summed E-state index contributed by atoms with van der Waals surface area (Å²) in [5.41, 5.74) is 3.56. The zero-order valence-corrected chi connectivity index (χ0v) is 14.5. The lowest BCUT2D eigenvalue weighted by Crippen LogP contribution is -2.32. The van der Waals surface area contributed by atoms with Crippen molar-refractivity contribution in [3.63, 3.8) is 0 Å². The fourth-order valence-electron chi connectivity index (χ4n) is 3.41. The largest absolute Gasteiger partial charge is 0.496 e. The number of carbonyl (C=O) groups excluding carboxylic acids is 1. The van der Waals surface area contributed by atoms with Gasteiger partial charge in [-0.15, -0.1) is 0 Å². The maximum atomic E-state index is 12.3. The number of hydrogen-bond acceptors (Lipinski definition) is 2. The van der Waals surface area contributed by atoms with Crippen LogP contribution in [0.5, 0.6) is 5.75 Å². The first kappa shape index (κ1) is 16.9. The van der Waals surface area contributed by atoms with E-state index in [0.717, 1.165) is 18.6 Å². The monoisotopic (exact) mass is 303 g/mol. The van der Waals surface area contributed by atoms with Gasteiger partial charge < -0.3 is 10.1 Å². The van der Waals surface area contributed by atoms with Gasteiger partial charge in [0.2, 0.25) is 5.91 Å². The van der Waals surface area contributed by atoms with Crippen molar-refractivity contribution in [1.29, 1.82) is 0 Å². The van der Waals surface area contributed by atoms with Crippen LogP contribution in [0.2, 0.25) is 0 Å². The van der Waals surface area contributed by atoms with Gasteiger partial charge in [0.05, 0.1) is 13.2 Å². The fourth-order valence-corrected chi connectivity index (χ4v) is 3.41. The first-order chi connectivity index (χ1) is 10.4.